The molecule has 0 aromatic heterocycles. The van der Waals surface area contributed by atoms with Crippen molar-refractivity contribution in [1.82, 2.24) is 0 Å². The van der Waals surface area contributed by atoms with Crippen molar-refractivity contribution in [3.8, 4) is 0 Å². The first-order chi connectivity index (χ1) is 0. The molecule has 7 heteroatoms. The van der Waals surface area contributed by atoms with E-state index in [4.69, 9.17) is 0 Å². The van der Waals surface area contributed by atoms with Gasteiger partial charge >= 0.3 is 129 Å². The Labute approximate surface area is 223 Å². The van der Waals surface area contributed by atoms with Gasteiger partial charge in [-0.2, -0.15) is 0 Å². The zero-order chi connectivity index (χ0) is 0. The quantitative estimate of drug-likeness (QED) is 0.169. The second-order valence-corrected chi connectivity index (χ2v) is 0. The van der Waals surface area contributed by atoms with Gasteiger partial charge in [-0.3, -0.25) is 0 Å². The van der Waals surface area contributed by atoms with Crippen LogP contribution >= 0.6 is 0 Å². The zero-order valence-corrected chi connectivity index (χ0v) is 21.2. The molecule has 0 spiro atoms. The maximum Gasteiger partial charge on any atom is 1.00 e. The van der Waals surface area contributed by atoms with Crippen LogP contribution in [-0.4, -0.2) is 26.2 Å². The van der Waals surface area contributed by atoms with Gasteiger partial charge in [-0.25, -0.2) is 0 Å². The average Bonchev–Trinajstić information content (AvgIpc) is 0. The molecule has 0 aliphatic rings. The van der Waals surface area contributed by atoms with E-state index in [-0.39, 0.29) is 231 Å². The Morgan fingerprint density at radius 3 is 0.714 bits per heavy atom. The van der Waals surface area contributed by atoms with Gasteiger partial charge in [0.1, 0.15) is 0 Å². The standard InChI is InChI=1S/Bi.FH.HI.2K.2Lu.3H/h;2*1H;;;;;;;/q;;;2*+1;;;;;/p-2. The maximum absolute atomic E-state index is 0. The van der Waals surface area contributed by atoms with E-state index in [0.29, 0.717) is 0 Å². The van der Waals surface area contributed by atoms with Crippen LogP contribution < -0.4 is 131 Å². The van der Waals surface area contributed by atoms with Crippen LogP contribution in [0.3, 0.4) is 0 Å². The Morgan fingerprint density at radius 2 is 0.714 bits per heavy atom. The van der Waals surface area contributed by atoms with Crippen LogP contribution in [0.2, 0.25) is 0 Å². The molecule has 0 aliphatic carbocycles. The molecule has 0 unspecified atom stereocenters. The third-order valence-corrected chi connectivity index (χ3v) is 0. The molecule has 54 valence electrons. The summed E-state index contributed by atoms with van der Waals surface area (Å²) in [6.07, 6.45) is 0. The van der Waals surface area contributed by atoms with Gasteiger partial charge in [-0.05, 0) is 0 Å². The fraction of sp³-hybridized carbons (Fsp3) is 0. The number of rotatable bonds is 0. The number of hydrogen-bond acceptors (Lipinski definition) is 0. The van der Waals surface area contributed by atoms with Crippen molar-refractivity contribution in [2.45, 2.75) is 0 Å². The van der Waals surface area contributed by atoms with Gasteiger partial charge in [-0.1, -0.05) is 0 Å². The van der Waals surface area contributed by atoms with Crippen LogP contribution in [0.5, 0.6) is 0 Å². The van der Waals surface area contributed by atoms with Crippen LogP contribution in [0.15, 0.2) is 0 Å². The number of halogens is 2. The first kappa shape index (κ1) is 47.5. The summed E-state index contributed by atoms with van der Waals surface area (Å²) in [5.41, 5.74) is 0. The van der Waals surface area contributed by atoms with Crippen molar-refractivity contribution in [2.24, 2.45) is 0 Å². The first-order valence-electron chi connectivity index (χ1n) is 0. The summed E-state index contributed by atoms with van der Waals surface area (Å²) in [5, 5.41) is 0. The second-order valence-electron chi connectivity index (χ2n) is 0. The van der Waals surface area contributed by atoms with Gasteiger partial charge in [0.15, 0.2) is 0 Å². The first-order valence-corrected chi connectivity index (χ1v) is 0. The summed E-state index contributed by atoms with van der Waals surface area (Å²) in [5.74, 6) is 0. The van der Waals surface area contributed by atoms with Gasteiger partial charge in [0.2, 0.25) is 0 Å². The third kappa shape index (κ3) is 31.9. The fourth-order valence-electron chi connectivity index (χ4n) is 0. The van der Waals surface area contributed by atoms with Crippen LogP contribution in [0.25, 0.3) is 0 Å². The number of hydrogen-bond donors (Lipinski definition) is 0. The Bertz CT molecular complexity index is 15.7. The van der Waals surface area contributed by atoms with E-state index < -0.39 is 0 Å². The zero-order valence-electron chi connectivity index (χ0n) is 3.98. The minimum absolute atomic E-state index is 0. The predicted octanol–water partition coefficient (Wildman–Crippen LogP) is -13.2. The monoisotopic (exact) mass is 786 g/mol. The minimum Gasteiger partial charge on any atom is -1.00 e. The summed E-state index contributed by atoms with van der Waals surface area (Å²) in [6.45, 7) is 0. The van der Waals surface area contributed by atoms with Gasteiger partial charge in [0, 0.05) is 73.7 Å². The molecule has 0 aromatic rings. The van der Waals surface area contributed by atoms with Crippen molar-refractivity contribution in [3.63, 3.8) is 0 Å². The molecule has 0 N–H and O–H groups in total. The Hall–Kier alpha value is 7.28. The SMILES string of the molecule is [BiH3].[F-].[I-].[K+].[K+].[Lu].[Lu]. The molecule has 0 amide bonds. The topological polar surface area (TPSA) is 0 Å². The summed E-state index contributed by atoms with van der Waals surface area (Å²) < 4.78 is 0. The van der Waals surface area contributed by atoms with Crippen molar-refractivity contribution < 1.29 is 205 Å². The molecular weight excluding hydrogens is 783 g/mol. The van der Waals surface area contributed by atoms with Crippen LogP contribution in [0.4, 0.5) is 0 Å². The molecule has 0 nitrogen and oxygen atoms in total. The van der Waals surface area contributed by atoms with Crippen molar-refractivity contribution in [1.29, 1.82) is 0 Å². The molecule has 0 saturated heterocycles. The Balaban J connectivity index is 0. The molecule has 7 heavy (non-hydrogen) atoms. The van der Waals surface area contributed by atoms with Crippen LogP contribution in [0.1, 0.15) is 0 Å². The molecule has 0 bridgehead atoms. The summed E-state index contributed by atoms with van der Waals surface area (Å²) >= 11 is 0. The normalized spacial score (nSPS) is 0. The third-order valence-electron chi connectivity index (χ3n) is 0. The summed E-state index contributed by atoms with van der Waals surface area (Å²) in [7, 11) is 0. The Morgan fingerprint density at radius 1 is 0.714 bits per heavy atom. The van der Waals surface area contributed by atoms with E-state index in [1.165, 1.54) is 0 Å². The fourth-order valence-corrected chi connectivity index (χ4v) is 0. The maximum atomic E-state index is 0. The van der Waals surface area contributed by atoms with E-state index in [2.05, 4.69) is 0 Å². The van der Waals surface area contributed by atoms with Gasteiger partial charge in [0.05, 0.1) is 0 Å². The van der Waals surface area contributed by atoms with Gasteiger partial charge < -0.3 is 28.7 Å². The summed E-state index contributed by atoms with van der Waals surface area (Å²) in [4.78, 5) is 0. The largest absolute Gasteiger partial charge is 1.00 e. The van der Waals surface area contributed by atoms with E-state index in [9.17, 15) is 0 Å². The molecule has 0 atom stereocenters. The molecule has 2 radical (unpaired) electrons. The van der Waals surface area contributed by atoms with Crippen molar-refractivity contribution >= 4 is 26.2 Å². The molecule has 0 aliphatic heterocycles. The molecule has 0 rings (SSSR count). The van der Waals surface area contributed by atoms with Crippen LogP contribution in [-0.2, 0) is 0 Å². The minimum atomic E-state index is 0. The summed E-state index contributed by atoms with van der Waals surface area (Å²) in [6, 6.07) is 0. The van der Waals surface area contributed by atoms with Crippen molar-refractivity contribution in [3.05, 3.63) is 0 Å². The molecule has 0 heterocycles. The van der Waals surface area contributed by atoms with Crippen molar-refractivity contribution in [2.75, 3.05) is 0 Å². The average molecular weight is 786 g/mol. The van der Waals surface area contributed by atoms with Gasteiger partial charge in [-0.15, -0.1) is 0 Å². The van der Waals surface area contributed by atoms with E-state index in [1.54, 1.807) is 0 Å². The second kappa shape index (κ2) is 37.8. The molecule has 0 saturated carbocycles. The van der Waals surface area contributed by atoms with E-state index in [0.717, 1.165) is 0 Å². The molecule has 0 aromatic carbocycles. The van der Waals surface area contributed by atoms with E-state index >= 15 is 0 Å². The molecule has 0 fully saturated rings. The molecular formula is H3BiFIK2Lu2. The smallest absolute Gasteiger partial charge is 1.00 e. The van der Waals surface area contributed by atoms with Gasteiger partial charge in [0.25, 0.3) is 0 Å². The van der Waals surface area contributed by atoms with Crippen LogP contribution in [0, 0.1) is 73.7 Å². The Kier molecular flexibility index (Phi) is 256. The van der Waals surface area contributed by atoms with E-state index in [1.807, 2.05) is 0 Å². The predicted molar refractivity (Wildman–Crippen MR) is 9.94 cm³/mol.